The van der Waals surface area contributed by atoms with E-state index in [-0.39, 0.29) is 5.92 Å². The molecule has 24 heavy (non-hydrogen) atoms. The SMILES string of the molecule is CNCC(O)(c1ccc(OC)cc1NCc1ccccc1)C(C)C. The lowest BCUT2D eigenvalue weighted by molar-refractivity contribution is -0.00696. The quantitative estimate of drug-likeness (QED) is 0.695. The van der Waals surface area contributed by atoms with Crippen molar-refractivity contribution in [3.05, 3.63) is 59.7 Å². The Morgan fingerprint density at radius 1 is 1.12 bits per heavy atom. The topological polar surface area (TPSA) is 53.5 Å². The molecule has 1 atom stereocenters. The Balaban J connectivity index is 2.36. The van der Waals surface area contributed by atoms with Crippen LogP contribution in [0.25, 0.3) is 0 Å². The van der Waals surface area contributed by atoms with Crippen molar-refractivity contribution in [1.82, 2.24) is 5.32 Å². The maximum absolute atomic E-state index is 11.3. The van der Waals surface area contributed by atoms with Gasteiger partial charge in [-0.3, -0.25) is 0 Å². The van der Waals surface area contributed by atoms with E-state index in [0.29, 0.717) is 13.1 Å². The predicted octanol–water partition coefficient (Wildman–Crippen LogP) is 3.37. The largest absolute Gasteiger partial charge is 0.497 e. The molecule has 0 fully saturated rings. The Morgan fingerprint density at radius 3 is 2.42 bits per heavy atom. The highest BCUT2D eigenvalue weighted by atomic mass is 16.5. The van der Waals surface area contributed by atoms with Crippen LogP contribution < -0.4 is 15.4 Å². The highest BCUT2D eigenvalue weighted by Gasteiger charge is 2.34. The Bertz CT molecular complexity index is 643. The van der Waals surface area contributed by atoms with Gasteiger partial charge in [0.2, 0.25) is 0 Å². The van der Waals surface area contributed by atoms with E-state index in [4.69, 9.17) is 4.74 Å². The molecule has 4 heteroatoms. The summed E-state index contributed by atoms with van der Waals surface area (Å²) in [6.45, 7) is 5.23. The van der Waals surface area contributed by atoms with Crippen molar-refractivity contribution in [2.75, 3.05) is 26.0 Å². The Morgan fingerprint density at radius 2 is 1.83 bits per heavy atom. The fourth-order valence-corrected chi connectivity index (χ4v) is 2.85. The summed E-state index contributed by atoms with van der Waals surface area (Å²) in [5, 5.41) is 17.8. The maximum atomic E-state index is 11.3. The minimum absolute atomic E-state index is 0.0654. The van der Waals surface area contributed by atoms with Gasteiger partial charge in [0.05, 0.1) is 7.11 Å². The molecule has 130 valence electrons. The number of benzene rings is 2. The van der Waals surface area contributed by atoms with Crippen molar-refractivity contribution in [3.63, 3.8) is 0 Å². The highest BCUT2D eigenvalue weighted by Crippen LogP contribution is 2.36. The predicted molar refractivity (Wildman–Crippen MR) is 99.4 cm³/mol. The molecule has 0 aliphatic carbocycles. The zero-order chi connectivity index (χ0) is 17.6. The van der Waals surface area contributed by atoms with E-state index in [2.05, 4.69) is 22.8 Å². The van der Waals surface area contributed by atoms with Crippen LogP contribution in [-0.4, -0.2) is 25.8 Å². The Hall–Kier alpha value is -2.04. The lowest BCUT2D eigenvalue weighted by Gasteiger charge is -2.34. The normalized spacial score (nSPS) is 13.6. The molecule has 0 spiro atoms. The lowest BCUT2D eigenvalue weighted by atomic mass is 9.82. The summed E-state index contributed by atoms with van der Waals surface area (Å²) in [6, 6.07) is 16.0. The molecule has 0 saturated heterocycles. The van der Waals surface area contributed by atoms with Crippen molar-refractivity contribution in [1.29, 1.82) is 0 Å². The molecule has 0 amide bonds. The summed E-state index contributed by atoms with van der Waals surface area (Å²) in [5.74, 6) is 0.834. The van der Waals surface area contributed by atoms with Gasteiger partial charge in [-0.15, -0.1) is 0 Å². The summed E-state index contributed by atoms with van der Waals surface area (Å²) >= 11 is 0. The molecule has 2 aromatic rings. The van der Waals surface area contributed by atoms with Crippen LogP contribution in [0.15, 0.2) is 48.5 Å². The van der Waals surface area contributed by atoms with Gasteiger partial charge in [-0.2, -0.15) is 0 Å². The Kier molecular flexibility index (Phi) is 6.23. The second-order valence-electron chi connectivity index (χ2n) is 6.36. The molecule has 0 aromatic heterocycles. The monoisotopic (exact) mass is 328 g/mol. The van der Waals surface area contributed by atoms with Crippen LogP contribution in [-0.2, 0) is 12.1 Å². The second-order valence-corrected chi connectivity index (χ2v) is 6.36. The average Bonchev–Trinajstić information content (AvgIpc) is 2.60. The summed E-state index contributed by atoms with van der Waals surface area (Å²) in [6.07, 6.45) is 0. The molecule has 0 bridgehead atoms. The average molecular weight is 328 g/mol. The lowest BCUT2D eigenvalue weighted by Crippen LogP contribution is -2.41. The van der Waals surface area contributed by atoms with E-state index in [9.17, 15) is 5.11 Å². The summed E-state index contributed by atoms with van der Waals surface area (Å²) in [7, 11) is 3.51. The number of hydrogen-bond donors (Lipinski definition) is 3. The van der Waals surface area contributed by atoms with E-state index in [1.165, 1.54) is 5.56 Å². The van der Waals surface area contributed by atoms with E-state index in [0.717, 1.165) is 17.0 Å². The summed E-state index contributed by atoms with van der Waals surface area (Å²) in [5.41, 5.74) is 2.00. The van der Waals surface area contributed by atoms with Crippen molar-refractivity contribution in [2.45, 2.75) is 26.0 Å². The van der Waals surface area contributed by atoms with Crippen LogP contribution in [0.3, 0.4) is 0 Å². The van der Waals surface area contributed by atoms with Gasteiger partial charge in [-0.1, -0.05) is 50.2 Å². The van der Waals surface area contributed by atoms with E-state index in [1.807, 2.05) is 57.3 Å². The molecule has 4 nitrogen and oxygen atoms in total. The molecule has 1 unspecified atom stereocenters. The third-order valence-electron chi connectivity index (χ3n) is 4.42. The first-order valence-electron chi connectivity index (χ1n) is 8.34. The van der Waals surface area contributed by atoms with Gasteiger partial charge in [0.15, 0.2) is 0 Å². The molecule has 0 saturated carbocycles. The third-order valence-corrected chi connectivity index (χ3v) is 4.42. The van der Waals surface area contributed by atoms with Crippen LogP contribution in [0.2, 0.25) is 0 Å². The number of rotatable bonds is 8. The first kappa shape index (κ1) is 18.3. The number of likely N-dealkylation sites (N-methyl/N-ethyl adjacent to an activating group) is 1. The van der Waals surface area contributed by atoms with Gasteiger partial charge in [-0.05, 0) is 24.6 Å². The van der Waals surface area contributed by atoms with Crippen LogP contribution in [0.1, 0.15) is 25.0 Å². The minimum Gasteiger partial charge on any atom is -0.497 e. The third kappa shape index (κ3) is 4.08. The first-order valence-corrected chi connectivity index (χ1v) is 8.34. The Labute approximate surface area is 144 Å². The molecule has 3 N–H and O–H groups in total. The zero-order valence-electron chi connectivity index (χ0n) is 15.0. The fourth-order valence-electron chi connectivity index (χ4n) is 2.85. The molecule has 0 heterocycles. The van der Waals surface area contributed by atoms with Crippen LogP contribution in [0.5, 0.6) is 5.75 Å². The summed E-state index contributed by atoms with van der Waals surface area (Å²) in [4.78, 5) is 0. The van der Waals surface area contributed by atoms with Crippen molar-refractivity contribution < 1.29 is 9.84 Å². The van der Waals surface area contributed by atoms with E-state index in [1.54, 1.807) is 7.11 Å². The molecule has 0 aliphatic rings. The minimum atomic E-state index is -0.958. The molecule has 2 aromatic carbocycles. The number of aliphatic hydroxyl groups is 1. The second kappa shape index (κ2) is 8.18. The molecular weight excluding hydrogens is 300 g/mol. The van der Waals surface area contributed by atoms with Crippen LogP contribution >= 0.6 is 0 Å². The standard InChI is InChI=1S/C20H28N2O2/c1-15(2)20(23,14-21-3)18-11-10-17(24-4)12-19(18)22-13-16-8-6-5-7-9-16/h5-12,15,21-23H,13-14H2,1-4H3. The molecule has 2 rings (SSSR count). The van der Waals surface area contributed by atoms with Gasteiger partial charge in [0, 0.05) is 30.4 Å². The van der Waals surface area contributed by atoms with Gasteiger partial charge in [-0.25, -0.2) is 0 Å². The molecule has 0 aliphatic heterocycles. The maximum Gasteiger partial charge on any atom is 0.120 e. The van der Waals surface area contributed by atoms with E-state index < -0.39 is 5.60 Å². The fraction of sp³-hybridized carbons (Fsp3) is 0.400. The first-order chi connectivity index (χ1) is 11.5. The molecule has 0 radical (unpaired) electrons. The summed E-state index contributed by atoms with van der Waals surface area (Å²) < 4.78 is 5.36. The van der Waals surface area contributed by atoms with Crippen LogP contribution in [0.4, 0.5) is 5.69 Å². The van der Waals surface area contributed by atoms with Gasteiger partial charge in [0.25, 0.3) is 0 Å². The van der Waals surface area contributed by atoms with E-state index >= 15 is 0 Å². The number of nitrogens with one attached hydrogen (secondary N) is 2. The van der Waals surface area contributed by atoms with Crippen molar-refractivity contribution >= 4 is 5.69 Å². The number of methoxy groups -OCH3 is 1. The van der Waals surface area contributed by atoms with Crippen LogP contribution in [0, 0.1) is 5.92 Å². The van der Waals surface area contributed by atoms with Gasteiger partial charge < -0.3 is 20.5 Å². The number of hydrogen-bond acceptors (Lipinski definition) is 4. The van der Waals surface area contributed by atoms with Crippen molar-refractivity contribution in [3.8, 4) is 5.75 Å². The smallest absolute Gasteiger partial charge is 0.120 e. The van der Waals surface area contributed by atoms with Crippen molar-refractivity contribution in [2.24, 2.45) is 5.92 Å². The number of ether oxygens (including phenoxy) is 1. The zero-order valence-corrected chi connectivity index (χ0v) is 15.0. The van der Waals surface area contributed by atoms with Gasteiger partial charge in [0.1, 0.15) is 11.4 Å². The van der Waals surface area contributed by atoms with Gasteiger partial charge >= 0.3 is 0 Å². The number of anilines is 1. The highest BCUT2D eigenvalue weighted by molar-refractivity contribution is 5.58. The molecular formula is C20H28N2O2.